The van der Waals surface area contributed by atoms with Crippen molar-refractivity contribution in [2.75, 3.05) is 52.9 Å². The molecular weight excluding hydrogens is 493 g/mol. The molecule has 1 aromatic rings. The molecule has 7 nitrogen and oxygen atoms in total. The fourth-order valence-electron chi connectivity index (χ4n) is 4.64. The van der Waals surface area contributed by atoms with Crippen LogP contribution in [-0.4, -0.2) is 79.4 Å². The molecule has 170 valence electrons. The second-order valence-corrected chi connectivity index (χ2v) is 8.85. The summed E-state index contributed by atoms with van der Waals surface area (Å²) in [5.74, 6) is 4.30. The number of furan rings is 1. The number of carbonyl (C=O) groups excluding carboxylic acids is 1. The van der Waals surface area contributed by atoms with Crippen LogP contribution in [-0.2, 0) is 11.3 Å². The lowest BCUT2D eigenvalue weighted by Gasteiger charge is -2.39. The van der Waals surface area contributed by atoms with Gasteiger partial charge >= 0.3 is 0 Å². The summed E-state index contributed by atoms with van der Waals surface area (Å²) in [6, 6.07) is 2.07. The summed E-state index contributed by atoms with van der Waals surface area (Å²) < 4.78 is 5.60. The number of nitrogens with zero attached hydrogens (tertiary/aromatic N) is 4. The van der Waals surface area contributed by atoms with Crippen molar-refractivity contribution in [3.8, 4) is 0 Å². The van der Waals surface area contributed by atoms with E-state index in [0.717, 1.165) is 62.3 Å². The SMILES string of the molecule is CN=C(NCc1cc(C)oc1C)N1CCN(CC(=O)N2CC(C)CC(C)C2)CC1.I. The number of hydrogen-bond acceptors (Lipinski definition) is 4. The highest BCUT2D eigenvalue weighted by Gasteiger charge is 2.28. The summed E-state index contributed by atoms with van der Waals surface area (Å²) in [6.07, 6.45) is 1.23. The Labute approximate surface area is 198 Å². The number of piperidine rings is 1. The minimum absolute atomic E-state index is 0. The fraction of sp³-hybridized carbons (Fsp3) is 0.727. The van der Waals surface area contributed by atoms with E-state index < -0.39 is 0 Å². The van der Waals surface area contributed by atoms with Gasteiger partial charge in [-0.3, -0.25) is 14.7 Å². The summed E-state index contributed by atoms with van der Waals surface area (Å²) in [4.78, 5) is 23.8. The van der Waals surface area contributed by atoms with Gasteiger partial charge in [0.1, 0.15) is 11.5 Å². The molecule has 0 saturated carbocycles. The average molecular weight is 531 g/mol. The van der Waals surface area contributed by atoms with E-state index in [-0.39, 0.29) is 29.9 Å². The summed E-state index contributed by atoms with van der Waals surface area (Å²) >= 11 is 0. The van der Waals surface area contributed by atoms with Crippen molar-refractivity contribution in [1.29, 1.82) is 0 Å². The zero-order valence-electron chi connectivity index (χ0n) is 19.1. The molecule has 1 amide bonds. The van der Waals surface area contributed by atoms with E-state index in [1.807, 2.05) is 20.9 Å². The van der Waals surface area contributed by atoms with Crippen molar-refractivity contribution < 1.29 is 9.21 Å². The monoisotopic (exact) mass is 531 g/mol. The van der Waals surface area contributed by atoms with Crippen LogP contribution in [0.4, 0.5) is 0 Å². The number of guanidine groups is 1. The molecule has 2 atom stereocenters. The second-order valence-electron chi connectivity index (χ2n) is 8.85. The predicted molar refractivity (Wildman–Crippen MR) is 131 cm³/mol. The van der Waals surface area contributed by atoms with Gasteiger partial charge in [0.15, 0.2) is 5.96 Å². The molecule has 0 radical (unpaired) electrons. The Kier molecular flexibility index (Phi) is 9.46. The van der Waals surface area contributed by atoms with E-state index in [1.165, 1.54) is 6.42 Å². The lowest BCUT2D eigenvalue weighted by molar-refractivity contribution is -0.135. The van der Waals surface area contributed by atoms with Gasteiger partial charge in [-0.05, 0) is 38.2 Å². The van der Waals surface area contributed by atoms with Crippen LogP contribution in [0.3, 0.4) is 0 Å². The van der Waals surface area contributed by atoms with E-state index in [4.69, 9.17) is 4.42 Å². The number of likely N-dealkylation sites (tertiary alicyclic amines) is 1. The number of hydrogen-bond donors (Lipinski definition) is 1. The van der Waals surface area contributed by atoms with Gasteiger partial charge in [0.25, 0.3) is 0 Å². The normalized spacial score (nSPS) is 23.3. The lowest BCUT2D eigenvalue weighted by Crippen LogP contribution is -2.55. The van der Waals surface area contributed by atoms with Crippen molar-refractivity contribution in [2.24, 2.45) is 16.8 Å². The maximum Gasteiger partial charge on any atom is 0.236 e. The summed E-state index contributed by atoms with van der Waals surface area (Å²) in [5, 5.41) is 3.45. The van der Waals surface area contributed by atoms with E-state index in [9.17, 15) is 4.79 Å². The van der Waals surface area contributed by atoms with Crippen LogP contribution >= 0.6 is 24.0 Å². The zero-order chi connectivity index (χ0) is 21.0. The van der Waals surface area contributed by atoms with Crippen LogP contribution in [0.5, 0.6) is 0 Å². The number of piperazine rings is 1. The Morgan fingerprint density at radius 1 is 1.13 bits per heavy atom. The third-order valence-electron chi connectivity index (χ3n) is 6.04. The predicted octanol–water partition coefficient (Wildman–Crippen LogP) is 2.71. The Hall–Kier alpha value is -1.29. The number of rotatable bonds is 4. The van der Waals surface area contributed by atoms with Crippen molar-refractivity contribution >= 4 is 35.8 Å². The van der Waals surface area contributed by atoms with E-state index in [1.54, 1.807) is 0 Å². The Balaban J connectivity index is 0.00000320. The molecule has 0 aliphatic carbocycles. The van der Waals surface area contributed by atoms with Gasteiger partial charge in [0.05, 0.1) is 6.54 Å². The zero-order valence-corrected chi connectivity index (χ0v) is 21.4. The fourth-order valence-corrected chi connectivity index (χ4v) is 4.64. The van der Waals surface area contributed by atoms with Gasteiger partial charge in [-0.25, -0.2) is 0 Å². The number of carbonyl (C=O) groups is 1. The molecular formula is C22H38IN5O2. The second kappa shape index (κ2) is 11.4. The van der Waals surface area contributed by atoms with Crippen molar-refractivity contribution in [2.45, 2.75) is 40.7 Å². The first kappa shape index (κ1) is 25.0. The molecule has 30 heavy (non-hydrogen) atoms. The van der Waals surface area contributed by atoms with Crippen LogP contribution in [0, 0.1) is 25.7 Å². The number of aryl methyl sites for hydroxylation is 2. The first-order chi connectivity index (χ1) is 13.9. The van der Waals surface area contributed by atoms with Crippen LogP contribution < -0.4 is 5.32 Å². The Morgan fingerprint density at radius 2 is 1.77 bits per heavy atom. The average Bonchev–Trinajstić information content (AvgIpc) is 3.00. The molecule has 1 aromatic heterocycles. The van der Waals surface area contributed by atoms with Crippen molar-refractivity contribution in [3.05, 3.63) is 23.2 Å². The molecule has 3 heterocycles. The van der Waals surface area contributed by atoms with Crippen LogP contribution in [0.25, 0.3) is 0 Å². The highest BCUT2D eigenvalue weighted by atomic mass is 127. The van der Waals surface area contributed by atoms with Crippen molar-refractivity contribution in [1.82, 2.24) is 20.0 Å². The minimum atomic E-state index is 0. The Morgan fingerprint density at radius 3 is 2.30 bits per heavy atom. The number of halogens is 1. The first-order valence-corrected chi connectivity index (χ1v) is 10.9. The maximum atomic E-state index is 12.7. The number of nitrogens with one attached hydrogen (secondary N) is 1. The molecule has 0 spiro atoms. The molecule has 2 aliphatic heterocycles. The molecule has 2 unspecified atom stereocenters. The van der Waals surface area contributed by atoms with Gasteiger partial charge < -0.3 is 19.5 Å². The third-order valence-corrected chi connectivity index (χ3v) is 6.04. The molecule has 2 aliphatic rings. The van der Waals surface area contributed by atoms with Gasteiger partial charge in [-0.1, -0.05) is 13.8 Å². The highest BCUT2D eigenvalue weighted by Crippen LogP contribution is 2.21. The standard InChI is InChI=1S/C22H37N5O2.HI/c1-16-10-17(2)14-27(13-16)21(28)15-25-6-8-26(9-7-25)22(23-5)24-12-20-11-18(3)29-19(20)4;/h11,16-17H,6-10,12-15H2,1-5H3,(H,23,24);1H. The van der Waals surface area contributed by atoms with Crippen molar-refractivity contribution in [3.63, 3.8) is 0 Å². The van der Waals surface area contributed by atoms with Gasteiger partial charge in [-0.15, -0.1) is 24.0 Å². The first-order valence-electron chi connectivity index (χ1n) is 10.9. The maximum absolute atomic E-state index is 12.7. The number of aliphatic imine (C=N–C) groups is 1. The van der Waals surface area contributed by atoms with Crippen LogP contribution in [0.15, 0.2) is 15.5 Å². The van der Waals surface area contributed by atoms with Crippen LogP contribution in [0.2, 0.25) is 0 Å². The molecule has 0 aromatic carbocycles. The third kappa shape index (κ3) is 6.60. The van der Waals surface area contributed by atoms with Crippen LogP contribution in [0.1, 0.15) is 37.4 Å². The minimum Gasteiger partial charge on any atom is -0.466 e. The smallest absolute Gasteiger partial charge is 0.236 e. The highest BCUT2D eigenvalue weighted by molar-refractivity contribution is 14.0. The van der Waals surface area contributed by atoms with E-state index in [2.05, 4.69) is 44.9 Å². The molecule has 0 bridgehead atoms. The quantitative estimate of drug-likeness (QED) is 0.368. The molecule has 8 heteroatoms. The lowest BCUT2D eigenvalue weighted by atomic mass is 9.92. The molecule has 2 saturated heterocycles. The van der Waals surface area contributed by atoms with Gasteiger partial charge in [-0.2, -0.15) is 0 Å². The topological polar surface area (TPSA) is 64.3 Å². The van der Waals surface area contributed by atoms with E-state index in [0.29, 0.717) is 24.9 Å². The molecule has 1 N–H and O–H groups in total. The summed E-state index contributed by atoms with van der Waals surface area (Å²) in [7, 11) is 1.82. The molecule has 2 fully saturated rings. The van der Waals surface area contributed by atoms with E-state index >= 15 is 0 Å². The Bertz CT molecular complexity index is 717. The largest absolute Gasteiger partial charge is 0.466 e. The molecule has 3 rings (SSSR count). The van der Waals surface area contributed by atoms with Gasteiger partial charge in [0, 0.05) is 58.4 Å². The number of amides is 1. The van der Waals surface area contributed by atoms with Gasteiger partial charge in [0.2, 0.25) is 5.91 Å². The summed E-state index contributed by atoms with van der Waals surface area (Å²) in [6.45, 7) is 15.0. The summed E-state index contributed by atoms with van der Waals surface area (Å²) in [5.41, 5.74) is 1.16.